The summed E-state index contributed by atoms with van der Waals surface area (Å²) in [6.45, 7) is 3.96. The molecule has 1 heterocycles. The molecule has 0 spiro atoms. The van der Waals surface area contributed by atoms with E-state index in [1.54, 1.807) is 0 Å². The van der Waals surface area contributed by atoms with E-state index in [0.29, 0.717) is 5.82 Å². The molecule has 1 aromatic heterocycles. The van der Waals surface area contributed by atoms with Crippen LogP contribution in [0.1, 0.15) is 36.3 Å². The van der Waals surface area contributed by atoms with Crippen LogP contribution in [0, 0.1) is 0 Å². The minimum atomic E-state index is -4.65. The molecular weight excluding hydrogens is 357 g/mol. The third-order valence-corrected chi connectivity index (χ3v) is 3.66. The molecule has 0 aliphatic carbocycles. The summed E-state index contributed by atoms with van der Waals surface area (Å²) >= 11 is 5.61. The van der Waals surface area contributed by atoms with Crippen LogP contribution < -0.4 is 10.6 Å². The molecule has 0 aliphatic heterocycles. The first-order valence-corrected chi connectivity index (χ1v) is 7.85. The van der Waals surface area contributed by atoms with E-state index in [4.69, 9.17) is 11.6 Å². The predicted octanol–water partition coefficient (Wildman–Crippen LogP) is 4.61. The molecule has 1 amide bonds. The summed E-state index contributed by atoms with van der Waals surface area (Å²) in [5.74, 6) is -0.316. The second-order valence-corrected chi connectivity index (χ2v) is 5.82. The monoisotopic (exact) mass is 372 g/mol. The summed E-state index contributed by atoms with van der Waals surface area (Å²) < 4.78 is 39.1. The van der Waals surface area contributed by atoms with Crippen molar-refractivity contribution in [2.75, 3.05) is 10.6 Å². The van der Waals surface area contributed by atoms with Crippen molar-refractivity contribution in [1.29, 1.82) is 0 Å². The zero-order valence-electron chi connectivity index (χ0n) is 13.5. The van der Waals surface area contributed by atoms with Gasteiger partial charge in [-0.05, 0) is 31.5 Å². The highest BCUT2D eigenvalue weighted by Crippen LogP contribution is 2.36. The fourth-order valence-electron chi connectivity index (χ4n) is 1.92. The highest BCUT2D eigenvalue weighted by Gasteiger charge is 2.34. The van der Waals surface area contributed by atoms with Crippen LogP contribution in [-0.4, -0.2) is 21.9 Å². The van der Waals surface area contributed by atoms with Crippen molar-refractivity contribution in [2.24, 2.45) is 0 Å². The number of halogens is 4. The number of nitrogens with zero attached hydrogens (tertiary/aromatic N) is 2. The van der Waals surface area contributed by atoms with Crippen LogP contribution in [0.25, 0.3) is 0 Å². The zero-order valence-corrected chi connectivity index (χ0v) is 14.2. The van der Waals surface area contributed by atoms with Gasteiger partial charge in [0.05, 0.1) is 23.6 Å². The minimum Gasteiger partial charge on any atom is -0.366 e. The molecule has 0 fully saturated rings. The lowest BCUT2D eigenvalue weighted by atomic mass is 10.1. The quantitative estimate of drug-likeness (QED) is 0.804. The molecule has 0 saturated carbocycles. The predicted molar refractivity (Wildman–Crippen MR) is 89.8 cm³/mol. The van der Waals surface area contributed by atoms with Gasteiger partial charge in [0, 0.05) is 11.1 Å². The van der Waals surface area contributed by atoms with Crippen LogP contribution in [0.2, 0.25) is 5.02 Å². The number of amides is 1. The lowest BCUT2D eigenvalue weighted by Crippen LogP contribution is -2.19. The Labute approximate surface area is 147 Å². The number of rotatable bonds is 5. The van der Waals surface area contributed by atoms with Gasteiger partial charge in [0.15, 0.2) is 0 Å². The van der Waals surface area contributed by atoms with Gasteiger partial charge in [-0.3, -0.25) is 4.79 Å². The van der Waals surface area contributed by atoms with Gasteiger partial charge >= 0.3 is 6.18 Å². The Morgan fingerprint density at radius 1 is 1.28 bits per heavy atom. The van der Waals surface area contributed by atoms with Crippen LogP contribution in [0.15, 0.2) is 30.6 Å². The number of hydrogen-bond acceptors (Lipinski definition) is 4. The first-order valence-electron chi connectivity index (χ1n) is 7.47. The van der Waals surface area contributed by atoms with Crippen LogP contribution >= 0.6 is 11.6 Å². The average Bonchev–Trinajstić information content (AvgIpc) is 2.56. The first-order chi connectivity index (χ1) is 11.7. The number of aromatic nitrogens is 2. The normalized spacial score (nSPS) is 12.6. The average molecular weight is 373 g/mol. The summed E-state index contributed by atoms with van der Waals surface area (Å²) in [6.07, 6.45) is -1.22. The number of hydrogen-bond donors (Lipinski definition) is 2. The summed E-state index contributed by atoms with van der Waals surface area (Å²) in [6, 6.07) is 3.28. The molecular formula is C16H16ClF3N4O. The maximum atomic E-state index is 13.0. The van der Waals surface area contributed by atoms with Gasteiger partial charge in [-0.1, -0.05) is 18.5 Å². The lowest BCUT2D eigenvalue weighted by molar-refractivity contribution is -0.136. The largest absolute Gasteiger partial charge is 0.418 e. The van der Waals surface area contributed by atoms with E-state index < -0.39 is 23.3 Å². The van der Waals surface area contributed by atoms with Crippen molar-refractivity contribution < 1.29 is 18.0 Å². The van der Waals surface area contributed by atoms with Gasteiger partial charge < -0.3 is 10.6 Å². The highest BCUT2D eigenvalue weighted by molar-refractivity contribution is 6.30. The van der Waals surface area contributed by atoms with Crippen LogP contribution in [-0.2, 0) is 6.18 Å². The van der Waals surface area contributed by atoms with Crippen molar-refractivity contribution in [3.63, 3.8) is 0 Å². The van der Waals surface area contributed by atoms with Gasteiger partial charge in [0.25, 0.3) is 5.91 Å². The Balaban J connectivity index is 2.17. The van der Waals surface area contributed by atoms with Crippen molar-refractivity contribution in [1.82, 2.24) is 9.97 Å². The third kappa shape index (κ3) is 5.06. The second kappa shape index (κ2) is 7.69. The summed E-state index contributed by atoms with van der Waals surface area (Å²) in [5.41, 5.74) is -1.53. The van der Waals surface area contributed by atoms with Crippen molar-refractivity contribution in [3.05, 3.63) is 46.9 Å². The molecule has 1 atom stereocenters. The molecule has 2 N–H and O–H groups in total. The van der Waals surface area contributed by atoms with Gasteiger partial charge in [-0.2, -0.15) is 13.2 Å². The van der Waals surface area contributed by atoms with E-state index in [1.807, 2.05) is 13.8 Å². The molecule has 1 unspecified atom stereocenters. The number of alkyl halides is 3. The Hall–Kier alpha value is -2.35. The number of carbonyl (C=O) groups is 1. The molecule has 0 saturated heterocycles. The summed E-state index contributed by atoms with van der Waals surface area (Å²) in [7, 11) is 0. The van der Waals surface area contributed by atoms with E-state index in [0.717, 1.165) is 18.6 Å². The fraction of sp³-hybridized carbons (Fsp3) is 0.312. The van der Waals surface area contributed by atoms with Crippen LogP contribution in [0.5, 0.6) is 0 Å². The van der Waals surface area contributed by atoms with E-state index in [2.05, 4.69) is 20.6 Å². The van der Waals surface area contributed by atoms with Crippen molar-refractivity contribution in [2.45, 2.75) is 32.5 Å². The Morgan fingerprint density at radius 3 is 2.56 bits per heavy atom. The molecule has 0 radical (unpaired) electrons. The summed E-state index contributed by atoms with van der Waals surface area (Å²) in [5, 5.41) is 5.19. The van der Waals surface area contributed by atoms with Gasteiger partial charge in [-0.15, -0.1) is 0 Å². The second-order valence-electron chi connectivity index (χ2n) is 5.38. The van der Waals surface area contributed by atoms with E-state index in [-0.39, 0.29) is 16.8 Å². The topological polar surface area (TPSA) is 66.9 Å². The molecule has 1 aromatic carbocycles. The molecule has 0 aliphatic rings. The van der Waals surface area contributed by atoms with Crippen LogP contribution in [0.3, 0.4) is 0 Å². The molecule has 0 bridgehead atoms. The van der Waals surface area contributed by atoms with Crippen molar-refractivity contribution >= 4 is 29.0 Å². The number of anilines is 2. The van der Waals surface area contributed by atoms with Gasteiger partial charge in [0.1, 0.15) is 11.5 Å². The number of carbonyl (C=O) groups excluding carboxylic acids is 1. The van der Waals surface area contributed by atoms with Gasteiger partial charge in [-0.25, -0.2) is 9.97 Å². The first kappa shape index (κ1) is 19.0. The number of benzene rings is 1. The zero-order chi connectivity index (χ0) is 18.6. The highest BCUT2D eigenvalue weighted by atomic mass is 35.5. The Kier molecular flexibility index (Phi) is 5.84. The minimum absolute atomic E-state index is 0.0782. The smallest absolute Gasteiger partial charge is 0.366 e. The third-order valence-electron chi connectivity index (χ3n) is 3.43. The molecule has 9 heteroatoms. The van der Waals surface area contributed by atoms with Gasteiger partial charge in [0.2, 0.25) is 0 Å². The fourth-order valence-corrected chi connectivity index (χ4v) is 2.09. The van der Waals surface area contributed by atoms with E-state index >= 15 is 0 Å². The maximum Gasteiger partial charge on any atom is 0.418 e. The lowest BCUT2D eigenvalue weighted by Gasteiger charge is -2.14. The SMILES string of the molecule is CCC(C)Nc1cnc(C(=O)Nc2ccc(Cl)cc2C(F)(F)F)cn1. The van der Waals surface area contributed by atoms with Crippen molar-refractivity contribution in [3.8, 4) is 0 Å². The molecule has 25 heavy (non-hydrogen) atoms. The number of nitrogens with one attached hydrogen (secondary N) is 2. The molecule has 5 nitrogen and oxygen atoms in total. The maximum absolute atomic E-state index is 13.0. The van der Waals surface area contributed by atoms with Crippen LogP contribution in [0.4, 0.5) is 24.7 Å². The Bertz CT molecular complexity index is 750. The standard InChI is InChI=1S/C16H16ClF3N4O/c1-3-9(2)23-14-8-21-13(7-22-14)15(25)24-12-5-4-10(17)6-11(12)16(18,19)20/h4-9H,3H2,1-2H3,(H,22,23)(H,24,25). The molecule has 134 valence electrons. The van der Waals surface area contributed by atoms with E-state index in [9.17, 15) is 18.0 Å². The molecule has 2 rings (SSSR count). The Morgan fingerprint density at radius 2 is 2.00 bits per heavy atom. The summed E-state index contributed by atoms with van der Waals surface area (Å²) in [4.78, 5) is 20.1. The van der Waals surface area contributed by atoms with E-state index in [1.165, 1.54) is 18.5 Å². The molecule has 2 aromatic rings.